The summed E-state index contributed by atoms with van der Waals surface area (Å²) in [7, 11) is 0. The van der Waals surface area contributed by atoms with Crippen molar-refractivity contribution in [3.8, 4) is 11.4 Å². The molecule has 0 spiro atoms. The Bertz CT molecular complexity index is 1450. The third kappa shape index (κ3) is 5.56. The van der Waals surface area contributed by atoms with E-state index >= 15 is 0 Å². The third-order valence-corrected chi connectivity index (χ3v) is 7.33. The molecule has 0 bridgehead atoms. The standard InChI is InChI=1S/C28H29BrN6O3/c1-18(36)30-13-14-31-25-22-17-23(32-26(22)34-24(33-25)19-5-3-2-4-6-19)27(37)35-15-11-28(38,12-16-35)20-7-9-21(29)10-8-20/h2-10,17,38H,11-16H2,1H3,(H,30,36)(H2,31,32,33,34). The average molecular weight is 577 g/mol. The Morgan fingerprint density at radius 1 is 1.05 bits per heavy atom. The number of nitrogens with one attached hydrogen (secondary N) is 3. The second kappa shape index (κ2) is 10.9. The number of aliphatic hydroxyl groups is 1. The van der Waals surface area contributed by atoms with Crippen LogP contribution in [-0.2, 0) is 10.4 Å². The van der Waals surface area contributed by atoms with Gasteiger partial charge in [-0.2, -0.15) is 0 Å². The molecule has 3 heterocycles. The number of benzene rings is 2. The summed E-state index contributed by atoms with van der Waals surface area (Å²) in [6, 6.07) is 19.1. The number of fused-ring (bicyclic) bond motifs is 1. The Hall–Kier alpha value is -3.76. The van der Waals surface area contributed by atoms with E-state index in [0.29, 0.717) is 67.4 Å². The van der Waals surface area contributed by atoms with E-state index in [0.717, 1.165) is 15.6 Å². The maximum absolute atomic E-state index is 13.5. The van der Waals surface area contributed by atoms with Gasteiger partial charge in [0, 0.05) is 43.1 Å². The zero-order valence-corrected chi connectivity index (χ0v) is 22.6. The first-order valence-corrected chi connectivity index (χ1v) is 13.3. The smallest absolute Gasteiger partial charge is 0.270 e. The Morgan fingerprint density at radius 2 is 1.76 bits per heavy atom. The minimum atomic E-state index is -0.959. The Labute approximate surface area is 228 Å². The van der Waals surface area contributed by atoms with Crippen molar-refractivity contribution in [3.05, 3.63) is 76.4 Å². The molecule has 4 N–H and O–H groups in total. The maximum atomic E-state index is 13.5. The third-order valence-electron chi connectivity index (χ3n) is 6.80. The van der Waals surface area contributed by atoms with Gasteiger partial charge in [0.15, 0.2) is 5.82 Å². The minimum absolute atomic E-state index is 0.104. The number of nitrogens with zero attached hydrogens (tertiary/aromatic N) is 3. The molecular weight excluding hydrogens is 548 g/mol. The van der Waals surface area contributed by atoms with Gasteiger partial charge in [0.1, 0.15) is 17.2 Å². The molecule has 196 valence electrons. The van der Waals surface area contributed by atoms with Gasteiger partial charge in [-0.15, -0.1) is 0 Å². The van der Waals surface area contributed by atoms with Crippen molar-refractivity contribution in [2.45, 2.75) is 25.4 Å². The van der Waals surface area contributed by atoms with Gasteiger partial charge in [-0.3, -0.25) is 9.59 Å². The molecule has 4 aromatic rings. The van der Waals surface area contributed by atoms with Crippen LogP contribution in [0.15, 0.2) is 65.1 Å². The Morgan fingerprint density at radius 3 is 2.45 bits per heavy atom. The van der Waals surface area contributed by atoms with Gasteiger partial charge in [0.25, 0.3) is 5.91 Å². The van der Waals surface area contributed by atoms with Crippen molar-refractivity contribution in [1.29, 1.82) is 0 Å². The largest absolute Gasteiger partial charge is 0.385 e. The second-order valence-electron chi connectivity index (χ2n) is 9.45. The number of piperidine rings is 1. The first kappa shape index (κ1) is 25.9. The van der Waals surface area contributed by atoms with Crippen LogP contribution in [0.3, 0.4) is 0 Å². The predicted octanol–water partition coefficient (Wildman–Crippen LogP) is 4.06. The fraction of sp³-hybridized carbons (Fsp3) is 0.286. The quantitative estimate of drug-likeness (QED) is 0.246. The fourth-order valence-electron chi connectivity index (χ4n) is 4.69. The highest BCUT2D eigenvalue weighted by Crippen LogP contribution is 2.34. The fourth-order valence-corrected chi connectivity index (χ4v) is 4.96. The first-order valence-electron chi connectivity index (χ1n) is 12.5. The number of amides is 2. The van der Waals surface area contributed by atoms with Gasteiger partial charge in [0.2, 0.25) is 5.91 Å². The van der Waals surface area contributed by atoms with Crippen LogP contribution in [0.2, 0.25) is 0 Å². The first-order chi connectivity index (χ1) is 18.3. The molecule has 2 aromatic heterocycles. The van der Waals surface area contributed by atoms with Crippen molar-refractivity contribution in [3.63, 3.8) is 0 Å². The number of hydrogen-bond donors (Lipinski definition) is 4. The summed E-state index contributed by atoms with van der Waals surface area (Å²) in [5.41, 5.74) is 1.71. The highest BCUT2D eigenvalue weighted by Gasteiger charge is 2.36. The molecule has 0 saturated carbocycles. The molecule has 2 aromatic carbocycles. The van der Waals surface area contributed by atoms with Gasteiger partial charge in [-0.05, 0) is 36.6 Å². The summed E-state index contributed by atoms with van der Waals surface area (Å²) < 4.78 is 0.957. The summed E-state index contributed by atoms with van der Waals surface area (Å²) in [6.45, 7) is 3.25. The summed E-state index contributed by atoms with van der Waals surface area (Å²) in [6.07, 6.45) is 0.906. The lowest BCUT2D eigenvalue weighted by Crippen LogP contribution is -2.45. The number of carbonyl (C=O) groups is 2. The van der Waals surface area contributed by atoms with E-state index in [9.17, 15) is 14.7 Å². The molecule has 0 radical (unpaired) electrons. The monoisotopic (exact) mass is 576 g/mol. The Kier molecular flexibility index (Phi) is 7.44. The van der Waals surface area contributed by atoms with Gasteiger partial charge in [-0.25, -0.2) is 9.97 Å². The number of aromatic amines is 1. The van der Waals surface area contributed by atoms with E-state index in [1.54, 1.807) is 11.0 Å². The van der Waals surface area contributed by atoms with Gasteiger partial charge < -0.3 is 25.6 Å². The van der Waals surface area contributed by atoms with Crippen LogP contribution in [0.4, 0.5) is 5.82 Å². The molecule has 1 aliphatic heterocycles. The van der Waals surface area contributed by atoms with Gasteiger partial charge in [-0.1, -0.05) is 58.4 Å². The predicted molar refractivity (Wildman–Crippen MR) is 150 cm³/mol. The lowest BCUT2D eigenvalue weighted by atomic mass is 9.84. The normalized spacial score (nSPS) is 14.9. The van der Waals surface area contributed by atoms with Crippen molar-refractivity contribution < 1.29 is 14.7 Å². The topological polar surface area (TPSA) is 123 Å². The summed E-state index contributed by atoms with van der Waals surface area (Å²) in [5.74, 6) is 0.857. The molecule has 1 fully saturated rings. The second-order valence-corrected chi connectivity index (χ2v) is 10.4. The van der Waals surface area contributed by atoms with Crippen LogP contribution in [0, 0.1) is 0 Å². The number of hydrogen-bond acceptors (Lipinski definition) is 6. The van der Waals surface area contributed by atoms with Crippen LogP contribution in [-0.4, -0.2) is 63.0 Å². The zero-order valence-electron chi connectivity index (χ0n) is 21.0. The van der Waals surface area contributed by atoms with E-state index in [1.807, 2.05) is 54.6 Å². The van der Waals surface area contributed by atoms with Crippen LogP contribution < -0.4 is 10.6 Å². The van der Waals surface area contributed by atoms with E-state index < -0.39 is 5.60 Å². The van der Waals surface area contributed by atoms with Crippen LogP contribution >= 0.6 is 15.9 Å². The molecule has 2 amide bonds. The molecule has 0 atom stereocenters. The number of carbonyl (C=O) groups excluding carboxylic acids is 2. The van der Waals surface area contributed by atoms with E-state index in [1.165, 1.54) is 6.92 Å². The maximum Gasteiger partial charge on any atom is 0.270 e. The lowest BCUT2D eigenvalue weighted by molar-refractivity contribution is -0.118. The van der Waals surface area contributed by atoms with Crippen LogP contribution in [0.25, 0.3) is 22.4 Å². The molecule has 0 unspecified atom stereocenters. The lowest BCUT2D eigenvalue weighted by Gasteiger charge is -2.38. The van der Waals surface area contributed by atoms with E-state index in [-0.39, 0.29) is 11.8 Å². The van der Waals surface area contributed by atoms with Gasteiger partial charge in [0.05, 0.1) is 11.0 Å². The van der Waals surface area contributed by atoms with Crippen molar-refractivity contribution in [2.75, 3.05) is 31.5 Å². The van der Waals surface area contributed by atoms with Crippen LogP contribution in [0.5, 0.6) is 0 Å². The summed E-state index contributed by atoms with van der Waals surface area (Å²) >= 11 is 3.43. The molecule has 1 saturated heterocycles. The minimum Gasteiger partial charge on any atom is -0.385 e. The highest BCUT2D eigenvalue weighted by atomic mass is 79.9. The van der Waals surface area contributed by atoms with E-state index in [2.05, 4.69) is 36.5 Å². The number of aromatic nitrogens is 3. The number of halogens is 1. The van der Waals surface area contributed by atoms with Crippen LogP contribution in [0.1, 0.15) is 35.8 Å². The molecule has 9 nitrogen and oxygen atoms in total. The van der Waals surface area contributed by atoms with Crippen molar-refractivity contribution in [1.82, 2.24) is 25.2 Å². The summed E-state index contributed by atoms with van der Waals surface area (Å²) in [5, 5.41) is 17.9. The highest BCUT2D eigenvalue weighted by molar-refractivity contribution is 9.10. The van der Waals surface area contributed by atoms with E-state index in [4.69, 9.17) is 4.98 Å². The molecule has 1 aliphatic rings. The average Bonchev–Trinajstić information content (AvgIpc) is 3.36. The van der Waals surface area contributed by atoms with Gasteiger partial charge >= 0.3 is 0 Å². The Balaban J connectivity index is 1.38. The molecule has 5 rings (SSSR count). The number of rotatable bonds is 7. The molecule has 10 heteroatoms. The number of anilines is 1. The molecule has 0 aliphatic carbocycles. The summed E-state index contributed by atoms with van der Waals surface area (Å²) in [4.78, 5) is 39.0. The number of likely N-dealkylation sites (tertiary alicyclic amines) is 1. The zero-order chi connectivity index (χ0) is 26.7. The molecule has 38 heavy (non-hydrogen) atoms. The SMILES string of the molecule is CC(=O)NCCNc1nc(-c2ccccc2)nc2[nH]c(C(=O)N3CCC(O)(c4ccc(Br)cc4)CC3)cc12. The van der Waals surface area contributed by atoms with Crippen molar-refractivity contribution in [2.24, 2.45) is 0 Å². The number of H-pyrrole nitrogens is 1. The van der Waals surface area contributed by atoms with Crippen molar-refractivity contribution >= 4 is 44.6 Å². The molecular formula is C28H29BrN6O3.